The summed E-state index contributed by atoms with van der Waals surface area (Å²) in [4.78, 5) is 12.6. The Balaban J connectivity index is 1.97. The highest BCUT2D eigenvalue weighted by Crippen LogP contribution is 2.32. The average molecular weight is 394 g/mol. The average Bonchev–Trinajstić information content (AvgIpc) is 2.89. The highest BCUT2D eigenvalue weighted by Gasteiger charge is 2.35. The second-order valence-corrected chi connectivity index (χ2v) is 5.65. The molecule has 0 aromatic rings. The lowest BCUT2D eigenvalue weighted by molar-refractivity contribution is -0.0455. The Hall–Kier alpha value is -0.610. The molecule has 1 fully saturated rings. The fourth-order valence-corrected chi connectivity index (χ4v) is 2.93. The molecular weight excluding hydrogens is 384 g/mol. The van der Waals surface area contributed by atoms with E-state index < -0.39 is 18.4 Å². The van der Waals surface area contributed by atoms with Crippen LogP contribution in [-0.4, -0.2) is 48.5 Å². The van der Waals surface area contributed by atoms with E-state index in [1.165, 1.54) is 0 Å². The molecule has 19 heavy (non-hydrogen) atoms. The Labute approximate surface area is 125 Å². The van der Waals surface area contributed by atoms with Gasteiger partial charge in [0, 0.05) is 12.6 Å². The molecule has 3 heterocycles. The van der Waals surface area contributed by atoms with E-state index in [-0.39, 0.29) is 6.61 Å². The zero-order valence-electron chi connectivity index (χ0n) is 9.57. The Morgan fingerprint density at radius 1 is 1.37 bits per heavy atom. The normalized spacial score (nSPS) is 27.3. The Kier molecular flexibility index (Phi) is 3.56. The lowest BCUT2D eigenvalue weighted by Crippen LogP contribution is -2.24. The summed E-state index contributed by atoms with van der Waals surface area (Å²) in [6, 6.07) is 0. The largest absolute Gasteiger partial charge is 0.394 e. The van der Waals surface area contributed by atoms with E-state index in [0.29, 0.717) is 27.4 Å². The maximum atomic E-state index is 9.76. The first-order valence-corrected chi connectivity index (χ1v) is 7.19. The highest BCUT2D eigenvalue weighted by molar-refractivity contribution is 9.10. The van der Waals surface area contributed by atoms with Crippen LogP contribution < -0.4 is 0 Å². The molecule has 0 radical (unpaired) electrons. The van der Waals surface area contributed by atoms with Crippen molar-refractivity contribution in [2.75, 3.05) is 6.61 Å². The van der Waals surface area contributed by atoms with Crippen molar-refractivity contribution in [1.29, 1.82) is 0 Å². The molecule has 1 unspecified atom stereocenters. The molecule has 102 valence electrons. The number of aromatic nitrogens is 4. The quantitative estimate of drug-likeness (QED) is 0.582. The molecule has 3 atom stereocenters. The van der Waals surface area contributed by atoms with Gasteiger partial charge >= 0.3 is 0 Å². The summed E-state index contributed by atoms with van der Waals surface area (Å²) in [5.74, 6) is 0.521. The van der Waals surface area contributed by atoms with Crippen LogP contribution in [0.25, 0.3) is 11.5 Å². The maximum absolute atomic E-state index is 9.76. The minimum atomic E-state index is -0.692. The molecule has 0 aromatic heterocycles. The van der Waals surface area contributed by atoms with Gasteiger partial charge < -0.3 is 14.9 Å². The first kappa shape index (κ1) is 13.4. The third-order valence-corrected chi connectivity index (χ3v) is 3.95. The van der Waals surface area contributed by atoms with E-state index in [2.05, 4.69) is 46.8 Å². The van der Waals surface area contributed by atoms with Crippen LogP contribution in [0, 0.1) is 0 Å². The molecule has 3 rings (SSSR count). The predicted octanol–water partition coefficient (Wildman–Crippen LogP) is 0.944. The third-order valence-electron chi connectivity index (χ3n) is 3.01. The molecule has 0 saturated carbocycles. The molecule has 3 aliphatic rings. The van der Waals surface area contributed by atoms with E-state index in [9.17, 15) is 5.11 Å². The van der Waals surface area contributed by atoms with Gasteiger partial charge in [-0.25, -0.2) is 15.0 Å². The van der Waals surface area contributed by atoms with Crippen molar-refractivity contribution in [3.8, 4) is 11.5 Å². The molecule has 3 aliphatic heterocycles. The van der Waals surface area contributed by atoms with Gasteiger partial charge in [-0.2, -0.15) is 0 Å². The topological polar surface area (TPSA) is 93.3 Å². The highest BCUT2D eigenvalue weighted by atomic mass is 79.9. The monoisotopic (exact) mass is 392 g/mol. The van der Waals surface area contributed by atoms with Gasteiger partial charge in [0.25, 0.3) is 0 Å². The van der Waals surface area contributed by atoms with Gasteiger partial charge in [-0.15, -0.1) is 0 Å². The molecule has 0 amide bonds. The minimum Gasteiger partial charge on any atom is -0.394 e. The molecule has 7 nitrogen and oxygen atoms in total. The van der Waals surface area contributed by atoms with Gasteiger partial charge in [0.2, 0.25) is 0 Å². The van der Waals surface area contributed by atoms with Crippen LogP contribution in [0.4, 0.5) is 0 Å². The van der Waals surface area contributed by atoms with E-state index in [4.69, 9.17) is 9.84 Å². The number of imidazole rings is 1. The molecule has 1 saturated heterocycles. The number of hydrogen-bond donors (Lipinski definition) is 2. The molecule has 2 N–H and O–H groups in total. The number of nitrogens with zero attached hydrogens (tertiary/aromatic N) is 4. The number of halogens is 2. The zero-order valence-corrected chi connectivity index (χ0v) is 12.7. The summed E-state index contributed by atoms with van der Waals surface area (Å²) in [5, 5.41) is 18.9. The molecule has 0 spiro atoms. The van der Waals surface area contributed by atoms with E-state index >= 15 is 0 Å². The molecule has 0 aromatic carbocycles. The Morgan fingerprint density at radius 3 is 2.84 bits per heavy atom. The number of aliphatic hydroxyl groups is 2. The smallest absolute Gasteiger partial charge is 0.199 e. The van der Waals surface area contributed by atoms with Crippen molar-refractivity contribution in [2.24, 2.45) is 0 Å². The Morgan fingerprint density at radius 2 is 2.16 bits per heavy atom. The van der Waals surface area contributed by atoms with Gasteiger partial charge in [-0.05, 0) is 31.9 Å². The number of rotatable bonds is 2. The number of aliphatic hydroxyl groups excluding tert-OH is 2. The van der Waals surface area contributed by atoms with Gasteiger partial charge in [0.1, 0.15) is 18.0 Å². The molecule has 9 heteroatoms. The molecular formula is C10H10Br2N4O3. The lowest BCUT2D eigenvalue weighted by Gasteiger charge is -2.17. The first-order valence-electron chi connectivity index (χ1n) is 5.60. The van der Waals surface area contributed by atoms with Gasteiger partial charge in [-0.3, -0.25) is 4.57 Å². The van der Waals surface area contributed by atoms with Crippen LogP contribution in [0.5, 0.6) is 0 Å². The van der Waals surface area contributed by atoms with Gasteiger partial charge in [0.15, 0.2) is 15.3 Å². The van der Waals surface area contributed by atoms with E-state index in [1.807, 2.05) is 0 Å². The summed E-state index contributed by atoms with van der Waals surface area (Å²) in [7, 11) is 0. The number of fused-ring (bicyclic) bond motifs is 1. The summed E-state index contributed by atoms with van der Waals surface area (Å²) in [6.07, 6.45) is 0.479. The van der Waals surface area contributed by atoms with Crippen molar-refractivity contribution in [1.82, 2.24) is 19.5 Å². The van der Waals surface area contributed by atoms with Crippen LogP contribution in [0.3, 0.4) is 0 Å². The Bertz CT molecular complexity index is 578. The van der Waals surface area contributed by atoms with Crippen LogP contribution in [-0.2, 0) is 4.74 Å². The maximum Gasteiger partial charge on any atom is 0.199 e. The lowest BCUT2D eigenvalue weighted by atomic mass is 10.2. The van der Waals surface area contributed by atoms with Crippen LogP contribution >= 0.6 is 31.9 Å². The third kappa shape index (κ3) is 2.40. The minimum absolute atomic E-state index is 0.215. The summed E-state index contributed by atoms with van der Waals surface area (Å²) < 4.78 is 8.31. The fraction of sp³-hybridized carbons (Fsp3) is 0.500. The fourth-order valence-electron chi connectivity index (χ4n) is 2.07. The van der Waals surface area contributed by atoms with E-state index in [0.717, 1.165) is 0 Å². The van der Waals surface area contributed by atoms with Crippen LogP contribution in [0.1, 0.15) is 12.6 Å². The summed E-state index contributed by atoms with van der Waals surface area (Å²) in [5.41, 5.74) is 0.626. The zero-order chi connectivity index (χ0) is 13.6. The van der Waals surface area contributed by atoms with Crippen molar-refractivity contribution < 1.29 is 14.9 Å². The molecule has 0 aliphatic carbocycles. The van der Waals surface area contributed by atoms with Crippen LogP contribution in [0.2, 0.25) is 0 Å². The first-order chi connectivity index (χ1) is 9.08. The second-order valence-electron chi connectivity index (χ2n) is 4.23. The van der Waals surface area contributed by atoms with E-state index in [1.54, 1.807) is 10.8 Å². The summed E-state index contributed by atoms with van der Waals surface area (Å²) >= 11 is 6.54. The number of hydrogen-bond acceptors (Lipinski definition) is 6. The standard InChI is InChI=1S/C10H10Br2N4O3/c11-9-13-4-2-16(10(12)15-8(4)14-9)7-1-5(18)6(3-17)19-7/h2,5-7,17-18H,1,3H2/t5-,6+,7?/m0/s1. The predicted molar refractivity (Wildman–Crippen MR) is 71.5 cm³/mol. The van der Waals surface area contributed by atoms with Crippen molar-refractivity contribution in [2.45, 2.75) is 24.9 Å². The SMILES string of the molecule is OC[C@H]1OC(n2cc3nc(Br)nc-3nc2Br)C[C@@H]1O. The number of ether oxygens (including phenoxy) is 1. The van der Waals surface area contributed by atoms with Crippen molar-refractivity contribution in [3.63, 3.8) is 0 Å². The van der Waals surface area contributed by atoms with Gasteiger partial charge in [0.05, 0.1) is 12.7 Å². The summed E-state index contributed by atoms with van der Waals surface area (Å²) in [6.45, 7) is -0.215. The van der Waals surface area contributed by atoms with Crippen molar-refractivity contribution in [3.05, 3.63) is 15.7 Å². The second kappa shape index (κ2) is 5.06. The molecule has 0 bridgehead atoms. The van der Waals surface area contributed by atoms with Gasteiger partial charge in [-0.1, -0.05) is 0 Å². The van der Waals surface area contributed by atoms with Crippen LogP contribution in [0.15, 0.2) is 15.7 Å². The van der Waals surface area contributed by atoms with Crippen molar-refractivity contribution >= 4 is 31.9 Å².